The molecule has 0 heterocycles. The number of benzene rings is 2. The number of hydrogen-bond acceptors (Lipinski definition) is 4. The van der Waals surface area contributed by atoms with Gasteiger partial charge < -0.3 is 4.79 Å². The van der Waals surface area contributed by atoms with Crippen LogP contribution in [0.1, 0.15) is 40.0 Å². The fourth-order valence-corrected chi connectivity index (χ4v) is 9.84. The summed E-state index contributed by atoms with van der Waals surface area (Å²) in [4.78, 5) is 13.8. The first-order valence-electron chi connectivity index (χ1n) is 9.58. The summed E-state index contributed by atoms with van der Waals surface area (Å²) >= 11 is 0. The predicted octanol–water partition coefficient (Wildman–Crippen LogP) is 3.30. The van der Waals surface area contributed by atoms with E-state index >= 15 is 0 Å². The first-order chi connectivity index (χ1) is 13.1. The van der Waals surface area contributed by atoms with Crippen LogP contribution >= 0.6 is 0 Å². The second kappa shape index (κ2) is 9.16. The molecule has 0 aliphatic carbocycles. The molecule has 28 heavy (non-hydrogen) atoms. The molecule has 0 atom stereocenters. The summed E-state index contributed by atoms with van der Waals surface area (Å²) in [5, 5.41) is 2.30. The second-order valence-corrected chi connectivity index (χ2v) is 14.5. The Labute approximate surface area is 170 Å². The molecule has 0 fully saturated rings. The van der Waals surface area contributed by atoms with Crippen molar-refractivity contribution in [2.75, 3.05) is 12.9 Å². The van der Waals surface area contributed by atoms with Crippen molar-refractivity contribution in [3.05, 3.63) is 60.7 Å². The van der Waals surface area contributed by atoms with Crippen molar-refractivity contribution in [2.24, 2.45) is 0 Å². The van der Waals surface area contributed by atoms with E-state index in [0.717, 1.165) is 16.6 Å². The minimum Gasteiger partial charge on any atom is -0.304 e. The number of rotatable bonds is 9. The molecule has 0 bridgehead atoms. The number of carbonyl (C=O) groups is 1. The molecule has 0 saturated carbocycles. The molecule has 0 amide bonds. The summed E-state index contributed by atoms with van der Waals surface area (Å²) < 4.78 is 27.0. The molecule has 2 aromatic carbocycles. The summed E-state index contributed by atoms with van der Waals surface area (Å²) in [5.41, 5.74) is 0. The Morgan fingerprint density at radius 3 is 1.75 bits per heavy atom. The van der Waals surface area contributed by atoms with Crippen LogP contribution in [0.5, 0.6) is 0 Å². The zero-order chi connectivity index (χ0) is 20.8. The first-order valence-corrected chi connectivity index (χ1v) is 13.4. The maximum Gasteiger partial charge on any atom is 0.264 e. The Morgan fingerprint density at radius 1 is 0.893 bits per heavy atom. The molecule has 0 radical (unpaired) electrons. The van der Waals surface area contributed by atoms with Crippen LogP contribution in [0.25, 0.3) is 0 Å². The highest BCUT2D eigenvalue weighted by Gasteiger charge is 2.53. The Morgan fingerprint density at radius 2 is 1.36 bits per heavy atom. The van der Waals surface area contributed by atoms with Crippen LogP contribution in [-0.4, -0.2) is 34.8 Å². The molecule has 0 spiro atoms. The van der Waals surface area contributed by atoms with Crippen molar-refractivity contribution < 1.29 is 17.4 Å². The Kier molecular flexibility index (Phi) is 7.37. The van der Waals surface area contributed by atoms with Gasteiger partial charge in [-0.15, -0.1) is 0 Å². The maximum absolute atomic E-state index is 13.8. The lowest BCUT2D eigenvalue weighted by molar-refractivity contribution is -0.112. The second-order valence-electron chi connectivity index (χ2n) is 8.14. The van der Waals surface area contributed by atoms with Gasteiger partial charge in [-0.3, -0.25) is 4.18 Å². The van der Waals surface area contributed by atoms with Crippen molar-refractivity contribution in [1.29, 1.82) is 0 Å². The minimum atomic E-state index is -3.44. The monoisotopic (exact) mass is 418 g/mol. The van der Waals surface area contributed by atoms with Crippen LogP contribution in [0.4, 0.5) is 0 Å². The summed E-state index contributed by atoms with van der Waals surface area (Å²) in [6.07, 6.45) is 2.61. The molecule has 0 aliphatic heterocycles. The van der Waals surface area contributed by atoms with Crippen molar-refractivity contribution in [3.8, 4) is 0 Å². The highest BCUT2D eigenvalue weighted by Crippen LogP contribution is 2.37. The normalized spacial score (nSPS) is 12.7. The van der Waals surface area contributed by atoms with Gasteiger partial charge in [0.05, 0.1) is 12.9 Å². The standard InChI is InChI=1S/C22H30O4SSi/c1-22(2,3)28(19-13-7-5-8-14-19,20-15-9-6-10-16-20)21(23)17-11-12-18-26-27(4,24)25/h5-10,13-16H,11-12,17-18H2,1-4H3. The van der Waals surface area contributed by atoms with Crippen LogP contribution in [0, 0.1) is 0 Å². The molecule has 0 N–H and O–H groups in total. The van der Waals surface area contributed by atoms with E-state index in [2.05, 4.69) is 45.0 Å². The summed E-state index contributed by atoms with van der Waals surface area (Å²) in [5.74, 6) is 0. The van der Waals surface area contributed by atoms with Gasteiger partial charge in [0.25, 0.3) is 10.1 Å². The van der Waals surface area contributed by atoms with E-state index in [-0.39, 0.29) is 17.1 Å². The molecule has 2 aromatic rings. The first kappa shape index (κ1) is 22.5. The van der Waals surface area contributed by atoms with Gasteiger partial charge in [0.1, 0.15) is 5.41 Å². The minimum absolute atomic E-state index is 0.118. The topological polar surface area (TPSA) is 60.4 Å². The molecule has 0 saturated heterocycles. The quantitative estimate of drug-likeness (QED) is 0.356. The number of unbranched alkanes of at least 4 members (excludes halogenated alkanes) is 1. The van der Waals surface area contributed by atoms with Gasteiger partial charge in [-0.05, 0) is 28.3 Å². The van der Waals surface area contributed by atoms with Crippen LogP contribution in [0.3, 0.4) is 0 Å². The van der Waals surface area contributed by atoms with Gasteiger partial charge in [0, 0.05) is 6.42 Å². The fourth-order valence-electron chi connectivity index (χ4n) is 3.93. The van der Waals surface area contributed by atoms with Crippen LogP contribution in [0.15, 0.2) is 60.7 Å². The maximum atomic E-state index is 13.8. The highest BCUT2D eigenvalue weighted by atomic mass is 32.2. The lowest BCUT2D eigenvalue weighted by Gasteiger charge is -2.42. The van der Waals surface area contributed by atoms with Gasteiger partial charge in [0.2, 0.25) is 0 Å². The largest absolute Gasteiger partial charge is 0.304 e. The van der Waals surface area contributed by atoms with Crippen molar-refractivity contribution in [3.63, 3.8) is 0 Å². The number of hydrogen-bond donors (Lipinski definition) is 0. The lowest BCUT2D eigenvalue weighted by Crippen LogP contribution is -2.69. The molecule has 0 aromatic heterocycles. The number of carbonyl (C=O) groups excluding carboxylic acids is 1. The van der Waals surface area contributed by atoms with E-state index in [9.17, 15) is 13.2 Å². The molecular formula is C22H30O4SSi. The van der Waals surface area contributed by atoms with Crippen LogP contribution < -0.4 is 10.4 Å². The van der Waals surface area contributed by atoms with E-state index in [4.69, 9.17) is 4.18 Å². The molecule has 4 nitrogen and oxygen atoms in total. The van der Waals surface area contributed by atoms with Gasteiger partial charge in [-0.25, -0.2) is 0 Å². The summed E-state index contributed by atoms with van der Waals surface area (Å²) in [6.45, 7) is 6.59. The SMILES string of the molecule is CC(C)(C)[Si](C(=O)CCCCOS(C)(=O)=O)(c1ccccc1)c1ccccc1. The average Bonchev–Trinajstić information content (AvgIpc) is 2.62. The lowest BCUT2D eigenvalue weighted by atomic mass is 10.2. The van der Waals surface area contributed by atoms with E-state index < -0.39 is 18.2 Å². The zero-order valence-corrected chi connectivity index (χ0v) is 19.0. The third kappa shape index (κ3) is 5.19. The van der Waals surface area contributed by atoms with E-state index in [1.807, 2.05) is 36.4 Å². The Bertz CT molecular complexity index is 832. The van der Waals surface area contributed by atoms with Gasteiger partial charge in [0.15, 0.2) is 8.07 Å². The molecular weight excluding hydrogens is 388 g/mol. The summed E-state index contributed by atoms with van der Waals surface area (Å²) in [7, 11) is -6.19. The van der Waals surface area contributed by atoms with E-state index in [0.29, 0.717) is 19.3 Å². The fraction of sp³-hybridized carbons (Fsp3) is 0.409. The molecule has 152 valence electrons. The molecule has 2 rings (SSSR count). The Hall–Kier alpha value is -1.76. The van der Waals surface area contributed by atoms with Crippen molar-refractivity contribution >= 4 is 34.0 Å². The van der Waals surface area contributed by atoms with E-state index in [1.54, 1.807) is 0 Å². The zero-order valence-electron chi connectivity index (χ0n) is 17.1. The van der Waals surface area contributed by atoms with Gasteiger partial charge >= 0.3 is 0 Å². The smallest absolute Gasteiger partial charge is 0.264 e. The third-order valence-corrected chi connectivity index (χ3v) is 11.4. The Balaban J connectivity index is 2.37. The highest BCUT2D eigenvalue weighted by molar-refractivity contribution is 7.85. The third-order valence-electron chi connectivity index (χ3n) is 5.05. The van der Waals surface area contributed by atoms with Crippen LogP contribution in [-0.2, 0) is 19.1 Å². The van der Waals surface area contributed by atoms with Crippen LogP contribution in [0.2, 0.25) is 5.04 Å². The van der Waals surface area contributed by atoms with Crippen molar-refractivity contribution in [1.82, 2.24) is 0 Å². The molecule has 6 heteroatoms. The predicted molar refractivity (Wildman–Crippen MR) is 117 cm³/mol. The van der Waals surface area contributed by atoms with Gasteiger partial charge in [-0.1, -0.05) is 81.4 Å². The van der Waals surface area contributed by atoms with Crippen molar-refractivity contribution in [2.45, 2.75) is 45.1 Å². The molecule has 0 unspecified atom stereocenters. The van der Waals surface area contributed by atoms with Gasteiger partial charge in [-0.2, -0.15) is 8.42 Å². The van der Waals surface area contributed by atoms with E-state index in [1.165, 1.54) is 0 Å². The molecule has 0 aliphatic rings. The summed E-state index contributed by atoms with van der Waals surface area (Å²) in [6, 6.07) is 20.3. The average molecular weight is 419 g/mol.